The fraction of sp³-hybridized carbons (Fsp3) is 0.182. The van der Waals surface area contributed by atoms with E-state index in [0.717, 1.165) is 11.1 Å². The molecule has 0 bridgehead atoms. The van der Waals surface area contributed by atoms with Crippen LogP contribution >= 0.6 is 0 Å². The molecule has 0 spiro atoms. The van der Waals surface area contributed by atoms with Crippen molar-refractivity contribution in [1.82, 2.24) is 15.1 Å². The van der Waals surface area contributed by atoms with Crippen LogP contribution in [0.15, 0.2) is 27.1 Å². The number of rotatable bonds is 2. The van der Waals surface area contributed by atoms with Gasteiger partial charge < -0.3 is 14.7 Å². The van der Waals surface area contributed by atoms with Crippen LogP contribution in [0.3, 0.4) is 0 Å². The molecule has 0 saturated heterocycles. The van der Waals surface area contributed by atoms with Crippen LogP contribution in [-0.2, 0) is 6.54 Å². The second-order valence-corrected chi connectivity index (χ2v) is 3.60. The molecule has 0 fully saturated rings. The van der Waals surface area contributed by atoms with Crippen molar-refractivity contribution in [1.29, 1.82) is 0 Å². The fourth-order valence-electron chi connectivity index (χ4n) is 1.68. The van der Waals surface area contributed by atoms with Gasteiger partial charge in [-0.25, -0.2) is 4.98 Å². The van der Waals surface area contributed by atoms with Gasteiger partial charge in [0.1, 0.15) is 5.52 Å². The summed E-state index contributed by atoms with van der Waals surface area (Å²) in [6.45, 7) is 2.02. The molecule has 0 atom stereocenters. The van der Waals surface area contributed by atoms with Crippen LogP contribution < -0.4 is 5.73 Å². The number of hydrogen-bond acceptors (Lipinski definition) is 6. The first-order chi connectivity index (χ1) is 8.28. The Morgan fingerprint density at radius 3 is 2.94 bits per heavy atom. The molecule has 2 aromatic heterocycles. The van der Waals surface area contributed by atoms with E-state index in [4.69, 9.17) is 14.7 Å². The third-order valence-corrected chi connectivity index (χ3v) is 2.41. The highest BCUT2D eigenvalue weighted by molar-refractivity contribution is 5.87. The molecule has 0 saturated carbocycles. The predicted octanol–water partition coefficient (Wildman–Crippen LogP) is 1.64. The summed E-state index contributed by atoms with van der Waals surface area (Å²) in [5.41, 5.74) is 7.62. The lowest BCUT2D eigenvalue weighted by Gasteiger charge is -1.93. The highest BCUT2D eigenvalue weighted by Crippen LogP contribution is 2.26. The lowest BCUT2D eigenvalue weighted by atomic mass is 10.2. The Labute approximate surface area is 96.4 Å². The lowest BCUT2D eigenvalue weighted by Crippen LogP contribution is -1.95. The molecular weight excluding hydrogens is 220 g/mol. The van der Waals surface area contributed by atoms with Crippen LogP contribution in [0, 0.1) is 6.92 Å². The zero-order chi connectivity index (χ0) is 11.8. The van der Waals surface area contributed by atoms with Gasteiger partial charge in [0.15, 0.2) is 11.5 Å². The lowest BCUT2D eigenvalue weighted by molar-refractivity contribution is 0.380. The van der Waals surface area contributed by atoms with Gasteiger partial charge in [-0.15, -0.1) is 0 Å². The summed E-state index contributed by atoms with van der Waals surface area (Å²) < 4.78 is 10.5. The molecule has 6 heteroatoms. The SMILES string of the molecule is Cc1nc2cccc(-c3noc(CN)n3)c2o1. The van der Waals surface area contributed by atoms with E-state index in [2.05, 4.69) is 15.1 Å². The van der Waals surface area contributed by atoms with E-state index in [1.165, 1.54) is 0 Å². The van der Waals surface area contributed by atoms with E-state index in [-0.39, 0.29) is 6.54 Å². The molecule has 3 rings (SSSR count). The van der Waals surface area contributed by atoms with Gasteiger partial charge in [0.2, 0.25) is 11.7 Å². The van der Waals surface area contributed by atoms with E-state index in [9.17, 15) is 0 Å². The first-order valence-electron chi connectivity index (χ1n) is 5.17. The highest BCUT2D eigenvalue weighted by Gasteiger charge is 2.14. The van der Waals surface area contributed by atoms with Gasteiger partial charge in [-0.1, -0.05) is 11.2 Å². The van der Waals surface area contributed by atoms with E-state index >= 15 is 0 Å². The average Bonchev–Trinajstić information content (AvgIpc) is 2.92. The Hall–Kier alpha value is -2.21. The number of aryl methyl sites for hydroxylation is 1. The van der Waals surface area contributed by atoms with Gasteiger partial charge in [-0.05, 0) is 12.1 Å². The molecule has 6 nitrogen and oxygen atoms in total. The normalized spacial score (nSPS) is 11.2. The number of fused-ring (bicyclic) bond motifs is 1. The summed E-state index contributed by atoms with van der Waals surface area (Å²) in [6, 6.07) is 5.61. The Morgan fingerprint density at radius 2 is 2.18 bits per heavy atom. The monoisotopic (exact) mass is 230 g/mol. The minimum atomic E-state index is 0.221. The summed E-state index contributed by atoms with van der Waals surface area (Å²) >= 11 is 0. The van der Waals surface area contributed by atoms with E-state index in [0.29, 0.717) is 23.2 Å². The molecule has 0 unspecified atom stereocenters. The average molecular weight is 230 g/mol. The topological polar surface area (TPSA) is 91.0 Å². The maximum Gasteiger partial charge on any atom is 0.240 e. The van der Waals surface area contributed by atoms with E-state index in [1.54, 1.807) is 6.92 Å². The van der Waals surface area contributed by atoms with Crippen LogP contribution in [0.2, 0.25) is 0 Å². The predicted molar refractivity (Wildman–Crippen MR) is 59.9 cm³/mol. The molecule has 0 aliphatic heterocycles. The summed E-state index contributed by atoms with van der Waals surface area (Å²) in [5, 5.41) is 3.86. The van der Waals surface area contributed by atoms with Gasteiger partial charge in [0.25, 0.3) is 0 Å². The number of hydrogen-bond donors (Lipinski definition) is 1. The third kappa shape index (κ3) is 1.58. The van der Waals surface area contributed by atoms with Crippen LogP contribution in [0.25, 0.3) is 22.5 Å². The largest absolute Gasteiger partial charge is 0.440 e. The number of para-hydroxylation sites is 1. The van der Waals surface area contributed by atoms with Crippen molar-refractivity contribution >= 4 is 11.1 Å². The van der Waals surface area contributed by atoms with Crippen molar-refractivity contribution in [2.24, 2.45) is 5.73 Å². The van der Waals surface area contributed by atoms with Crippen molar-refractivity contribution in [3.63, 3.8) is 0 Å². The second kappa shape index (κ2) is 3.67. The standard InChI is InChI=1S/C11H10N4O2/c1-6-13-8-4-2-3-7(10(8)16-6)11-14-9(5-12)17-15-11/h2-4H,5,12H2,1H3. The molecule has 2 N–H and O–H groups in total. The molecule has 2 heterocycles. The molecule has 0 aliphatic rings. The molecule has 0 aliphatic carbocycles. The third-order valence-electron chi connectivity index (χ3n) is 2.41. The van der Waals surface area contributed by atoms with Gasteiger partial charge >= 0.3 is 0 Å². The van der Waals surface area contributed by atoms with Crippen LogP contribution in [0.1, 0.15) is 11.8 Å². The number of benzene rings is 1. The van der Waals surface area contributed by atoms with E-state index < -0.39 is 0 Å². The molecule has 3 aromatic rings. The first kappa shape index (κ1) is 9.98. The smallest absolute Gasteiger partial charge is 0.240 e. The Morgan fingerprint density at radius 1 is 1.29 bits per heavy atom. The summed E-state index contributed by atoms with van der Waals surface area (Å²) in [5.74, 6) is 1.47. The maximum absolute atomic E-state index is 5.53. The first-order valence-corrected chi connectivity index (χ1v) is 5.17. The number of aromatic nitrogens is 3. The van der Waals surface area contributed by atoms with Crippen LogP contribution in [0.4, 0.5) is 0 Å². The molecule has 1 aromatic carbocycles. The summed E-state index contributed by atoms with van der Waals surface area (Å²) in [6.07, 6.45) is 0. The Balaban J connectivity index is 2.22. The zero-order valence-corrected chi connectivity index (χ0v) is 9.17. The Kier molecular flexibility index (Phi) is 2.15. The van der Waals surface area contributed by atoms with Crippen LogP contribution in [0.5, 0.6) is 0 Å². The maximum atomic E-state index is 5.53. The molecule has 17 heavy (non-hydrogen) atoms. The number of oxazole rings is 1. The molecular formula is C11H10N4O2. The van der Waals surface area contributed by atoms with Crippen molar-refractivity contribution in [2.45, 2.75) is 13.5 Å². The van der Waals surface area contributed by atoms with Crippen LogP contribution in [-0.4, -0.2) is 15.1 Å². The second-order valence-electron chi connectivity index (χ2n) is 3.60. The Bertz CT molecular complexity index is 671. The molecule has 86 valence electrons. The van der Waals surface area contributed by atoms with Gasteiger partial charge in [-0.3, -0.25) is 0 Å². The quantitative estimate of drug-likeness (QED) is 0.719. The zero-order valence-electron chi connectivity index (χ0n) is 9.17. The van der Waals surface area contributed by atoms with Gasteiger partial charge in [0, 0.05) is 6.92 Å². The highest BCUT2D eigenvalue weighted by atomic mass is 16.5. The number of nitrogens with two attached hydrogens (primary N) is 1. The van der Waals surface area contributed by atoms with Crippen molar-refractivity contribution < 1.29 is 8.94 Å². The fourth-order valence-corrected chi connectivity index (χ4v) is 1.68. The van der Waals surface area contributed by atoms with E-state index in [1.807, 2.05) is 18.2 Å². The molecule has 0 radical (unpaired) electrons. The number of nitrogens with zero attached hydrogens (tertiary/aromatic N) is 3. The van der Waals surface area contributed by atoms with Crippen molar-refractivity contribution in [3.8, 4) is 11.4 Å². The molecule has 0 amide bonds. The van der Waals surface area contributed by atoms with Crippen molar-refractivity contribution in [3.05, 3.63) is 30.0 Å². The minimum Gasteiger partial charge on any atom is -0.440 e. The summed E-state index contributed by atoms with van der Waals surface area (Å²) in [7, 11) is 0. The van der Waals surface area contributed by atoms with Gasteiger partial charge in [-0.2, -0.15) is 4.98 Å². The van der Waals surface area contributed by atoms with Gasteiger partial charge in [0.05, 0.1) is 12.1 Å². The minimum absolute atomic E-state index is 0.221. The summed E-state index contributed by atoms with van der Waals surface area (Å²) in [4.78, 5) is 8.42. The van der Waals surface area contributed by atoms with Crippen molar-refractivity contribution in [2.75, 3.05) is 0 Å².